The van der Waals surface area contributed by atoms with Gasteiger partial charge in [-0.1, -0.05) is 0 Å². The molecule has 5 heteroatoms. The first-order chi connectivity index (χ1) is 5.61. The smallest absolute Gasteiger partial charge is 0.307 e. The number of hydrogen-bond acceptors (Lipinski definition) is 3. The molecule has 1 atom stereocenters. The van der Waals surface area contributed by atoms with E-state index in [0.29, 0.717) is 6.61 Å². The standard InChI is InChI=1S/C7H9Cl2NO2/c1-2-12-6(11)3-5(4-10)7(8)9/h5,7H,2-3H2,1H3. The molecule has 68 valence electrons. The third-order valence-electron chi connectivity index (χ3n) is 1.16. The molecule has 0 bridgehead atoms. The van der Waals surface area contributed by atoms with Crippen molar-refractivity contribution in [2.45, 2.75) is 18.2 Å². The van der Waals surface area contributed by atoms with Gasteiger partial charge in [0, 0.05) is 0 Å². The Kier molecular flexibility index (Phi) is 5.87. The van der Waals surface area contributed by atoms with Crippen molar-refractivity contribution < 1.29 is 9.53 Å². The number of alkyl halides is 2. The van der Waals surface area contributed by atoms with Gasteiger partial charge in [-0.25, -0.2) is 0 Å². The number of carbonyl (C=O) groups excluding carboxylic acids is 1. The molecule has 3 nitrogen and oxygen atoms in total. The molecule has 0 aromatic rings. The van der Waals surface area contributed by atoms with Crippen LogP contribution < -0.4 is 0 Å². The van der Waals surface area contributed by atoms with E-state index in [1.165, 1.54) is 0 Å². The zero-order valence-electron chi connectivity index (χ0n) is 6.59. The third-order valence-corrected chi connectivity index (χ3v) is 1.77. The fraction of sp³-hybridized carbons (Fsp3) is 0.714. The van der Waals surface area contributed by atoms with Gasteiger partial charge in [-0.2, -0.15) is 5.26 Å². The number of rotatable bonds is 4. The van der Waals surface area contributed by atoms with Crippen LogP contribution in [0.3, 0.4) is 0 Å². The van der Waals surface area contributed by atoms with Gasteiger partial charge in [0.05, 0.1) is 25.0 Å². The van der Waals surface area contributed by atoms with E-state index in [-0.39, 0.29) is 6.42 Å². The average Bonchev–Trinajstić information content (AvgIpc) is 2.00. The second-order valence-electron chi connectivity index (χ2n) is 2.08. The molecule has 0 aliphatic heterocycles. The number of hydrogen-bond donors (Lipinski definition) is 0. The molecule has 0 aliphatic carbocycles. The van der Waals surface area contributed by atoms with Crippen molar-refractivity contribution in [2.24, 2.45) is 5.92 Å². The summed E-state index contributed by atoms with van der Waals surface area (Å²) in [7, 11) is 0. The van der Waals surface area contributed by atoms with Gasteiger partial charge in [-0.05, 0) is 6.92 Å². The number of nitriles is 1. The summed E-state index contributed by atoms with van der Waals surface area (Å²) in [6.07, 6.45) is -0.0536. The predicted molar refractivity (Wildman–Crippen MR) is 45.8 cm³/mol. The van der Waals surface area contributed by atoms with Crippen LogP contribution in [0.25, 0.3) is 0 Å². The average molecular weight is 210 g/mol. The first-order valence-electron chi connectivity index (χ1n) is 3.45. The predicted octanol–water partition coefficient (Wildman–Crippen LogP) is 1.88. The Balaban J connectivity index is 3.88. The first-order valence-corrected chi connectivity index (χ1v) is 4.32. The van der Waals surface area contributed by atoms with Gasteiger partial charge >= 0.3 is 5.97 Å². The highest BCUT2D eigenvalue weighted by molar-refractivity contribution is 6.44. The molecular formula is C7H9Cl2NO2. The zero-order chi connectivity index (χ0) is 9.56. The molecule has 0 fully saturated rings. The molecule has 0 saturated heterocycles. The van der Waals surface area contributed by atoms with Crippen LogP contribution >= 0.6 is 23.2 Å². The van der Waals surface area contributed by atoms with Crippen molar-refractivity contribution in [3.8, 4) is 6.07 Å². The quantitative estimate of drug-likeness (QED) is 0.525. The lowest BCUT2D eigenvalue weighted by molar-refractivity contribution is -0.143. The molecule has 12 heavy (non-hydrogen) atoms. The maximum Gasteiger partial charge on any atom is 0.307 e. The van der Waals surface area contributed by atoms with Crippen LogP contribution in [0, 0.1) is 17.2 Å². The van der Waals surface area contributed by atoms with Gasteiger partial charge in [0.2, 0.25) is 0 Å². The lowest BCUT2D eigenvalue weighted by Gasteiger charge is -2.07. The molecule has 0 rings (SSSR count). The lowest BCUT2D eigenvalue weighted by Crippen LogP contribution is -2.15. The third kappa shape index (κ3) is 4.42. The van der Waals surface area contributed by atoms with E-state index in [4.69, 9.17) is 28.5 Å². The van der Waals surface area contributed by atoms with Crippen molar-refractivity contribution in [1.29, 1.82) is 5.26 Å². The molecule has 0 saturated carbocycles. The maximum absolute atomic E-state index is 10.8. The molecule has 0 heterocycles. The van der Waals surface area contributed by atoms with Crippen LogP contribution in [0.15, 0.2) is 0 Å². The molecular weight excluding hydrogens is 201 g/mol. The Morgan fingerprint density at radius 2 is 2.25 bits per heavy atom. The molecule has 0 aliphatic rings. The van der Waals surface area contributed by atoms with Gasteiger partial charge in [0.1, 0.15) is 4.84 Å². The number of esters is 1. The lowest BCUT2D eigenvalue weighted by atomic mass is 10.1. The highest BCUT2D eigenvalue weighted by Gasteiger charge is 2.20. The zero-order valence-corrected chi connectivity index (χ0v) is 8.10. The van der Waals surface area contributed by atoms with Gasteiger partial charge < -0.3 is 4.74 Å². The molecule has 0 radical (unpaired) electrons. The molecule has 1 unspecified atom stereocenters. The summed E-state index contributed by atoms with van der Waals surface area (Å²) in [6, 6.07) is 1.83. The number of ether oxygens (including phenoxy) is 1. The normalized spacial score (nSPS) is 12.2. The first kappa shape index (κ1) is 11.5. The van der Waals surface area contributed by atoms with Crippen LogP contribution in [0.5, 0.6) is 0 Å². The highest BCUT2D eigenvalue weighted by Crippen LogP contribution is 2.18. The fourth-order valence-electron chi connectivity index (χ4n) is 0.591. The molecule has 0 amide bonds. The van der Waals surface area contributed by atoms with Crippen molar-refractivity contribution in [3.05, 3.63) is 0 Å². The number of nitrogens with zero attached hydrogens (tertiary/aromatic N) is 1. The minimum absolute atomic E-state index is 0.0536. The molecule has 0 aromatic heterocycles. The van der Waals surface area contributed by atoms with Crippen LogP contribution in [0.1, 0.15) is 13.3 Å². The van der Waals surface area contributed by atoms with Gasteiger partial charge in [-0.3, -0.25) is 4.79 Å². The summed E-state index contributed by atoms with van der Waals surface area (Å²) in [5.41, 5.74) is 0. The minimum Gasteiger partial charge on any atom is -0.466 e. The Hall–Kier alpha value is -0.460. The topological polar surface area (TPSA) is 50.1 Å². The maximum atomic E-state index is 10.8. The van der Waals surface area contributed by atoms with E-state index in [0.717, 1.165) is 0 Å². The van der Waals surface area contributed by atoms with Crippen LogP contribution in [0.2, 0.25) is 0 Å². The van der Waals surface area contributed by atoms with Crippen molar-refractivity contribution in [3.63, 3.8) is 0 Å². The van der Waals surface area contributed by atoms with E-state index in [1.54, 1.807) is 6.92 Å². The van der Waals surface area contributed by atoms with E-state index in [1.807, 2.05) is 6.07 Å². The Morgan fingerprint density at radius 3 is 2.58 bits per heavy atom. The Morgan fingerprint density at radius 1 is 1.67 bits per heavy atom. The van der Waals surface area contributed by atoms with Crippen molar-refractivity contribution in [1.82, 2.24) is 0 Å². The summed E-state index contributed by atoms with van der Waals surface area (Å²) in [5.74, 6) is -1.14. The SMILES string of the molecule is CCOC(=O)CC(C#N)C(Cl)Cl. The Bertz CT molecular complexity index is 188. The summed E-state index contributed by atoms with van der Waals surface area (Å²) in [6.45, 7) is 1.99. The summed E-state index contributed by atoms with van der Waals surface area (Å²) in [5, 5.41) is 8.49. The second kappa shape index (κ2) is 6.10. The molecule has 0 N–H and O–H groups in total. The van der Waals surface area contributed by atoms with E-state index >= 15 is 0 Å². The van der Waals surface area contributed by atoms with Crippen molar-refractivity contribution in [2.75, 3.05) is 6.61 Å². The van der Waals surface area contributed by atoms with Gasteiger partial charge in [0.15, 0.2) is 0 Å². The largest absolute Gasteiger partial charge is 0.466 e. The van der Waals surface area contributed by atoms with Crippen LogP contribution in [-0.2, 0) is 9.53 Å². The summed E-state index contributed by atoms with van der Waals surface area (Å²) < 4.78 is 4.62. The number of halogens is 2. The second-order valence-corrected chi connectivity index (χ2v) is 3.24. The van der Waals surface area contributed by atoms with E-state index in [9.17, 15) is 4.79 Å². The van der Waals surface area contributed by atoms with E-state index in [2.05, 4.69) is 4.74 Å². The minimum atomic E-state index is -0.848. The van der Waals surface area contributed by atoms with Crippen molar-refractivity contribution >= 4 is 29.2 Å². The van der Waals surface area contributed by atoms with Crippen LogP contribution in [-0.4, -0.2) is 17.4 Å². The summed E-state index contributed by atoms with van der Waals surface area (Å²) in [4.78, 5) is 9.98. The Labute approximate surface area is 81.2 Å². The monoisotopic (exact) mass is 209 g/mol. The van der Waals surface area contributed by atoms with Crippen LogP contribution in [0.4, 0.5) is 0 Å². The van der Waals surface area contributed by atoms with Gasteiger partial charge in [-0.15, -0.1) is 23.2 Å². The fourth-order valence-corrected chi connectivity index (χ4v) is 0.881. The molecule has 0 aromatic carbocycles. The molecule has 0 spiro atoms. The van der Waals surface area contributed by atoms with E-state index < -0.39 is 16.7 Å². The summed E-state index contributed by atoms with van der Waals surface area (Å²) >= 11 is 10.8. The highest BCUT2D eigenvalue weighted by atomic mass is 35.5. The van der Waals surface area contributed by atoms with Gasteiger partial charge in [0.25, 0.3) is 0 Å². The number of carbonyl (C=O) groups is 1.